The van der Waals surface area contributed by atoms with Gasteiger partial charge in [-0.2, -0.15) is 0 Å². The van der Waals surface area contributed by atoms with Crippen molar-refractivity contribution in [1.29, 1.82) is 0 Å². The number of rotatable bonds is 8. The number of carbonyl (C=O) groups is 2. The predicted octanol–water partition coefficient (Wildman–Crippen LogP) is 3.84. The first-order valence-electron chi connectivity index (χ1n) is 10.5. The molecule has 32 heavy (non-hydrogen) atoms. The molecule has 7 nitrogen and oxygen atoms in total. The van der Waals surface area contributed by atoms with E-state index in [1.165, 1.54) is 0 Å². The first-order valence-corrected chi connectivity index (χ1v) is 10.5. The highest BCUT2D eigenvalue weighted by Gasteiger charge is 2.18. The Labute approximate surface area is 186 Å². The highest BCUT2D eigenvalue weighted by Crippen LogP contribution is 2.15. The number of esters is 1. The van der Waals surface area contributed by atoms with E-state index in [9.17, 15) is 9.59 Å². The number of carbonyl (C=O) groups excluding carboxylic acids is 2. The van der Waals surface area contributed by atoms with E-state index in [4.69, 9.17) is 4.74 Å². The lowest BCUT2D eigenvalue weighted by atomic mass is 10.1. The summed E-state index contributed by atoms with van der Waals surface area (Å²) in [5, 5.41) is 8.12. The number of hydrogen-bond acceptors (Lipinski definition) is 5. The predicted molar refractivity (Wildman–Crippen MR) is 121 cm³/mol. The third-order valence-electron chi connectivity index (χ3n) is 5.16. The monoisotopic (exact) mass is 428 g/mol. The summed E-state index contributed by atoms with van der Waals surface area (Å²) in [7, 11) is 0. The fourth-order valence-corrected chi connectivity index (χ4v) is 3.47. The van der Waals surface area contributed by atoms with Gasteiger partial charge in [0.2, 0.25) is 0 Å². The Balaban J connectivity index is 1.44. The summed E-state index contributed by atoms with van der Waals surface area (Å²) >= 11 is 0. The van der Waals surface area contributed by atoms with Gasteiger partial charge in [-0.15, -0.1) is 5.10 Å². The summed E-state index contributed by atoms with van der Waals surface area (Å²) in [5.41, 5.74) is 3.81. The topological polar surface area (TPSA) is 77.3 Å². The van der Waals surface area contributed by atoms with Crippen molar-refractivity contribution in [3.8, 4) is 0 Å². The van der Waals surface area contributed by atoms with E-state index < -0.39 is 5.97 Å². The van der Waals surface area contributed by atoms with Crippen molar-refractivity contribution >= 4 is 22.9 Å². The summed E-state index contributed by atoms with van der Waals surface area (Å²) in [5.74, 6) is -0.824. The molecular formula is C25H24N4O3. The Hall–Kier alpha value is -4.00. The number of ether oxygens (including phenoxy) is 1. The van der Waals surface area contributed by atoms with Crippen LogP contribution in [0.2, 0.25) is 0 Å². The maximum atomic E-state index is 13.0. The van der Waals surface area contributed by atoms with Crippen LogP contribution >= 0.6 is 0 Å². The molecule has 0 spiro atoms. The van der Waals surface area contributed by atoms with E-state index in [0.717, 1.165) is 16.6 Å². The van der Waals surface area contributed by atoms with E-state index in [1.54, 1.807) is 27.8 Å². The molecular weight excluding hydrogens is 404 g/mol. The minimum Gasteiger partial charge on any atom is -0.452 e. The molecule has 1 amide bonds. The van der Waals surface area contributed by atoms with E-state index in [0.29, 0.717) is 30.7 Å². The molecule has 0 aliphatic carbocycles. The molecule has 0 bridgehead atoms. The Morgan fingerprint density at radius 1 is 0.906 bits per heavy atom. The Kier molecular flexibility index (Phi) is 6.55. The van der Waals surface area contributed by atoms with Crippen LogP contribution < -0.4 is 0 Å². The van der Waals surface area contributed by atoms with Gasteiger partial charge in [0, 0.05) is 19.6 Å². The van der Waals surface area contributed by atoms with Gasteiger partial charge < -0.3 is 9.64 Å². The number of aryl methyl sites for hydroxylation is 1. The zero-order chi connectivity index (χ0) is 22.3. The molecule has 1 heterocycles. The minimum absolute atomic E-state index is 0.260. The lowest BCUT2D eigenvalue weighted by Gasteiger charge is -2.23. The number of benzene rings is 3. The quantitative estimate of drug-likeness (QED) is 0.399. The highest BCUT2D eigenvalue weighted by molar-refractivity contribution is 5.94. The molecule has 0 aliphatic heterocycles. The van der Waals surface area contributed by atoms with Crippen LogP contribution in [0.3, 0.4) is 0 Å². The smallest absolute Gasteiger partial charge is 0.338 e. The van der Waals surface area contributed by atoms with Crippen LogP contribution in [-0.4, -0.2) is 38.4 Å². The Morgan fingerprint density at radius 3 is 2.12 bits per heavy atom. The molecule has 0 N–H and O–H groups in total. The molecule has 0 radical (unpaired) electrons. The fourth-order valence-electron chi connectivity index (χ4n) is 3.47. The van der Waals surface area contributed by atoms with E-state index in [1.807, 2.05) is 67.6 Å². The molecule has 4 aromatic rings. The van der Waals surface area contributed by atoms with Gasteiger partial charge in [0.25, 0.3) is 5.91 Å². The molecule has 162 valence electrons. The first kappa shape index (κ1) is 21.2. The summed E-state index contributed by atoms with van der Waals surface area (Å²) in [6.07, 6.45) is 0. The van der Waals surface area contributed by atoms with E-state index in [-0.39, 0.29) is 12.5 Å². The van der Waals surface area contributed by atoms with Crippen molar-refractivity contribution in [2.24, 2.45) is 0 Å². The average Bonchev–Trinajstić information content (AvgIpc) is 3.25. The number of fused-ring (bicyclic) bond motifs is 1. The van der Waals surface area contributed by atoms with Crippen LogP contribution in [0.15, 0.2) is 78.9 Å². The number of nitrogens with zero attached hydrogens (tertiary/aromatic N) is 4. The third kappa shape index (κ3) is 5.00. The molecule has 0 atom stereocenters. The lowest BCUT2D eigenvalue weighted by molar-refractivity contribution is -0.135. The van der Waals surface area contributed by atoms with E-state index in [2.05, 4.69) is 10.3 Å². The molecule has 1 aromatic heterocycles. The number of amides is 1. The van der Waals surface area contributed by atoms with Gasteiger partial charge in [-0.1, -0.05) is 65.9 Å². The van der Waals surface area contributed by atoms with Crippen molar-refractivity contribution in [1.82, 2.24) is 19.9 Å². The van der Waals surface area contributed by atoms with Gasteiger partial charge in [0.15, 0.2) is 6.61 Å². The van der Waals surface area contributed by atoms with Crippen LogP contribution in [0.5, 0.6) is 0 Å². The molecule has 0 aliphatic rings. The second-order valence-electron chi connectivity index (χ2n) is 7.41. The maximum Gasteiger partial charge on any atom is 0.338 e. The molecule has 0 unspecified atom stereocenters. The molecule has 0 fully saturated rings. The first-order chi connectivity index (χ1) is 15.6. The fraction of sp³-hybridized carbons (Fsp3) is 0.200. The summed E-state index contributed by atoms with van der Waals surface area (Å²) in [4.78, 5) is 27.2. The van der Waals surface area contributed by atoms with Gasteiger partial charge >= 0.3 is 5.97 Å². The maximum absolute atomic E-state index is 13.0. The van der Waals surface area contributed by atoms with Crippen molar-refractivity contribution in [2.75, 3.05) is 6.61 Å². The van der Waals surface area contributed by atoms with Gasteiger partial charge in [0.1, 0.15) is 5.52 Å². The summed E-state index contributed by atoms with van der Waals surface area (Å²) in [6, 6.07) is 24.6. The zero-order valence-corrected chi connectivity index (χ0v) is 17.8. The van der Waals surface area contributed by atoms with E-state index >= 15 is 0 Å². The van der Waals surface area contributed by atoms with Crippen LogP contribution in [-0.2, 0) is 29.2 Å². The van der Waals surface area contributed by atoms with Gasteiger partial charge in [-0.3, -0.25) is 4.79 Å². The number of hydrogen-bond donors (Lipinski definition) is 0. The normalized spacial score (nSPS) is 10.8. The Morgan fingerprint density at radius 2 is 1.53 bits per heavy atom. The average molecular weight is 428 g/mol. The van der Waals surface area contributed by atoms with Crippen LogP contribution in [0, 0.1) is 0 Å². The summed E-state index contributed by atoms with van der Waals surface area (Å²) in [6.45, 7) is 3.18. The Bertz CT molecular complexity index is 1160. The molecule has 0 saturated heterocycles. The standard InChI is InChI=1S/C25H24N4O3/c1-2-29-23-14-13-21(15-22(23)26-27-29)25(31)32-18-24(30)28(16-19-9-5-3-6-10-19)17-20-11-7-4-8-12-20/h3-15H,2,16-18H2,1H3. The van der Waals surface area contributed by atoms with Crippen molar-refractivity contribution in [2.45, 2.75) is 26.6 Å². The van der Waals surface area contributed by atoms with Gasteiger partial charge in [0.05, 0.1) is 11.1 Å². The van der Waals surface area contributed by atoms with Crippen molar-refractivity contribution in [3.63, 3.8) is 0 Å². The highest BCUT2D eigenvalue weighted by atomic mass is 16.5. The second-order valence-corrected chi connectivity index (χ2v) is 7.41. The third-order valence-corrected chi connectivity index (χ3v) is 5.16. The van der Waals surface area contributed by atoms with Crippen molar-refractivity contribution in [3.05, 3.63) is 95.6 Å². The molecule has 7 heteroatoms. The zero-order valence-electron chi connectivity index (χ0n) is 17.8. The SMILES string of the molecule is CCn1nnc2cc(C(=O)OCC(=O)N(Cc3ccccc3)Cc3ccccc3)ccc21. The molecule has 0 saturated carbocycles. The second kappa shape index (κ2) is 9.87. The molecule has 3 aromatic carbocycles. The van der Waals surface area contributed by atoms with Crippen molar-refractivity contribution < 1.29 is 14.3 Å². The molecule has 4 rings (SSSR count). The minimum atomic E-state index is -0.564. The van der Waals surface area contributed by atoms with Gasteiger partial charge in [-0.25, -0.2) is 9.48 Å². The van der Waals surface area contributed by atoms with Crippen LogP contribution in [0.1, 0.15) is 28.4 Å². The summed E-state index contributed by atoms with van der Waals surface area (Å²) < 4.78 is 7.09. The lowest BCUT2D eigenvalue weighted by Crippen LogP contribution is -2.33. The van der Waals surface area contributed by atoms with Gasteiger partial charge in [-0.05, 0) is 36.2 Å². The van der Waals surface area contributed by atoms with Crippen LogP contribution in [0.25, 0.3) is 11.0 Å². The van der Waals surface area contributed by atoms with Crippen LogP contribution in [0.4, 0.5) is 0 Å². The largest absolute Gasteiger partial charge is 0.452 e. The number of aromatic nitrogens is 3.